The van der Waals surface area contributed by atoms with E-state index in [4.69, 9.17) is 4.98 Å². The number of fused-ring (bicyclic) bond motifs is 1. The van der Waals surface area contributed by atoms with E-state index in [1.807, 2.05) is 35.2 Å². The summed E-state index contributed by atoms with van der Waals surface area (Å²) in [5, 5.41) is 0. The first-order chi connectivity index (χ1) is 14.3. The molecular formula is C25H23N3O. The van der Waals surface area contributed by atoms with Crippen molar-refractivity contribution in [1.29, 1.82) is 0 Å². The number of hydrogen-bond donors (Lipinski definition) is 0. The number of para-hydroxylation sites is 2. The zero-order valence-electron chi connectivity index (χ0n) is 16.2. The van der Waals surface area contributed by atoms with Gasteiger partial charge in [0.1, 0.15) is 5.82 Å². The summed E-state index contributed by atoms with van der Waals surface area (Å²) >= 11 is 0. The van der Waals surface area contributed by atoms with E-state index in [2.05, 4.69) is 59.2 Å². The first kappa shape index (κ1) is 17.7. The second-order valence-electron chi connectivity index (χ2n) is 7.69. The molecule has 1 aromatic heterocycles. The fourth-order valence-corrected chi connectivity index (χ4v) is 4.24. The third-order valence-electron chi connectivity index (χ3n) is 5.66. The summed E-state index contributed by atoms with van der Waals surface area (Å²) in [6, 6.07) is 28.9. The Morgan fingerprint density at radius 3 is 2.14 bits per heavy atom. The normalized spacial score (nSPS) is 16.6. The lowest BCUT2D eigenvalue weighted by Gasteiger charge is -2.17. The van der Waals surface area contributed by atoms with Gasteiger partial charge in [-0.15, -0.1) is 0 Å². The smallest absolute Gasteiger partial charge is 0.223 e. The topological polar surface area (TPSA) is 38.1 Å². The highest BCUT2D eigenvalue weighted by atomic mass is 16.2. The number of benzene rings is 3. The summed E-state index contributed by atoms with van der Waals surface area (Å²) < 4.78 is 2.29. The molecule has 0 bridgehead atoms. The Morgan fingerprint density at radius 1 is 0.793 bits per heavy atom. The van der Waals surface area contributed by atoms with E-state index in [9.17, 15) is 4.79 Å². The van der Waals surface area contributed by atoms with Gasteiger partial charge in [-0.2, -0.15) is 0 Å². The summed E-state index contributed by atoms with van der Waals surface area (Å²) in [7, 11) is 0. The molecule has 144 valence electrons. The molecule has 0 radical (unpaired) electrons. The molecule has 1 unspecified atom stereocenters. The lowest BCUT2D eigenvalue weighted by molar-refractivity contribution is -0.128. The quantitative estimate of drug-likeness (QED) is 0.507. The standard InChI is InChI=1S/C25H23N3O/c29-24-15-21(18-27(24)16-19-9-3-1-4-10-19)25-26-22-13-7-8-14-23(22)28(25)17-20-11-5-2-6-12-20/h1-14,21H,15-18H2. The largest absolute Gasteiger partial charge is 0.338 e. The van der Waals surface area contributed by atoms with E-state index in [-0.39, 0.29) is 11.8 Å². The molecule has 1 amide bonds. The molecule has 0 N–H and O–H groups in total. The highest BCUT2D eigenvalue weighted by Crippen LogP contribution is 2.31. The van der Waals surface area contributed by atoms with Gasteiger partial charge in [0.05, 0.1) is 11.0 Å². The third kappa shape index (κ3) is 3.54. The molecule has 29 heavy (non-hydrogen) atoms. The molecule has 5 rings (SSSR count). The summed E-state index contributed by atoms with van der Waals surface area (Å²) in [4.78, 5) is 19.7. The predicted octanol–water partition coefficient (Wildman–Crippen LogP) is 4.60. The number of carbonyl (C=O) groups is 1. The van der Waals surface area contributed by atoms with E-state index in [0.717, 1.165) is 23.4 Å². The van der Waals surface area contributed by atoms with Gasteiger partial charge in [-0.25, -0.2) is 4.98 Å². The van der Waals surface area contributed by atoms with Gasteiger partial charge < -0.3 is 9.47 Å². The molecule has 2 heterocycles. The third-order valence-corrected chi connectivity index (χ3v) is 5.66. The van der Waals surface area contributed by atoms with Gasteiger partial charge in [0.2, 0.25) is 5.91 Å². The molecule has 4 aromatic rings. The van der Waals surface area contributed by atoms with Crippen LogP contribution >= 0.6 is 0 Å². The summed E-state index contributed by atoms with van der Waals surface area (Å²) in [5.41, 5.74) is 4.52. The number of carbonyl (C=O) groups excluding carboxylic acids is 1. The Balaban J connectivity index is 1.47. The number of likely N-dealkylation sites (tertiary alicyclic amines) is 1. The number of aromatic nitrogens is 2. The van der Waals surface area contributed by atoms with E-state index in [1.54, 1.807) is 0 Å². The molecule has 1 aliphatic rings. The Morgan fingerprint density at radius 2 is 1.41 bits per heavy atom. The van der Waals surface area contributed by atoms with Crippen LogP contribution in [0.3, 0.4) is 0 Å². The fraction of sp³-hybridized carbons (Fsp3) is 0.200. The Labute approximate surface area is 170 Å². The second kappa shape index (κ2) is 7.55. The van der Waals surface area contributed by atoms with Gasteiger partial charge in [-0.1, -0.05) is 72.8 Å². The first-order valence-electron chi connectivity index (χ1n) is 10.1. The van der Waals surface area contributed by atoms with Crippen LogP contribution in [0.4, 0.5) is 0 Å². The van der Waals surface area contributed by atoms with Crippen molar-refractivity contribution in [3.8, 4) is 0 Å². The molecule has 0 saturated carbocycles. The van der Waals surface area contributed by atoms with Crippen LogP contribution in [0.2, 0.25) is 0 Å². The summed E-state index contributed by atoms with van der Waals surface area (Å²) in [5.74, 6) is 1.33. The zero-order valence-corrected chi connectivity index (χ0v) is 16.2. The lowest BCUT2D eigenvalue weighted by atomic mass is 10.1. The van der Waals surface area contributed by atoms with Crippen LogP contribution in [-0.4, -0.2) is 26.9 Å². The van der Waals surface area contributed by atoms with Crippen molar-refractivity contribution in [3.63, 3.8) is 0 Å². The molecule has 1 aliphatic heterocycles. The van der Waals surface area contributed by atoms with Gasteiger partial charge in [-0.05, 0) is 23.3 Å². The van der Waals surface area contributed by atoms with Crippen LogP contribution in [-0.2, 0) is 17.9 Å². The molecular weight excluding hydrogens is 358 g/mol. The highest BCUT2D eigenvalue weighted by Gasteiger charge is 2.33. The minimum atomic E-state index is 0.113. The van der Waals surface area contributed by atoms with E-state index < -0.39 is 0 Å². The van der Waals surface area contributed by atoms with Crippen LogP contribution in [0.1, 0.15) is 29.3 Å². The Hall–Kier alpha value is -3.40. The summed E-state index contributed by atoms with van der Waals surface area (Å²) in [6.45, 7) is 2.14. The number of nitrogens with zero attached hydrogens (tertiary/aromatic N) is 3. The molecule has 0 spiro atoms. The Bertz CT molecular complexity index is 1130. The Kier molecular flexibility index (Phi) is 4.60. The zero-order chi connectivity index (χ0) is 19.6. The van der Waals surface area contributed by atoms with Crippen molar-refractivity contribution in [1.82, 2.24) is 14.5 Å². The van der Waals surface area contributed by atoms with Gasteiger partial charge in [-0.3, -0.25) is 4.79 Å². The minimum Gasteiger partial charge on any atom is -0.338 e. The molecule has 1 atom stereocenters. The number of hydrogen-bond acceptors (Lipinski definition) is 2. The van der Waals surface area contributed by atoms with Crippen molar-refractivity contribution in [2.24, 2.45) is 0 Å². The molecule has 0 aliphatic carbocycles. The van der Waals surface area contributed by atoms with Crippen LogP contribution in [0.5, 0.6) is 0 Å². The number of rotatable bonds is 5. The average Bonchev–Trinajstić information content (AvgIpc) is 3.30. The maximum Gasteiger partial charge on any atom is 0.223 e. The van der Waals surface area contributed by atoms with Crippen molar-refractivity contribution in [2.75, 3.05) is 6.54 Å². The fourth-order valence-electron chi connectivity index (χ4n) is 4.24. The van der Waals surface area contributed by atoms with Crippen molar-refractivity contribution >= 4 is 16.9 Å². The maximum atomic E-state index is 12.7. The van der Waals surface area contributed by atoms with Crippen molar-refractivity contribution in [2.45, 2.75) is 25.4 Å². The van der Waals surface area contributed by atoms with E-state index in [1.165, 1.54) is 11.1 Å². The monoisotopic (exact) mass is 381 g/mol. The van der Waals surface area contributed by atoms with E-state index >= 15 is 0 Å². The molecule has 4 heteroatoms. The van der Waals surface area contributed by atoms with Gasteiger partial charge in [0, 0.05) is 32.0 Å². The SMILES string of the molecule is O=C1CC(c2nc3ccccc3n2Cc2ccccc2)CN1Cc1ccccc1. The van der Waals surface area contributed by atoms with Crippen molar-refractivity contribution < 1.29 is 4.79 Å². The molecule has 4 nitrogen and oxygen atoms in total. The second-order valence-corrected chi connectivity index (χ2v) is 7.69. The summed E-state index contributed by atoms with van der Waals surface area (Å²) in [6.07, 6.45) is 0.519. The minimum absolute atomic E-state index is 0.113. The predicted molar refractivity (Wildman–Crippen MR) is 114 cm³/mol. The average molecular weight is 381 g/mol. The van der Waals surface area contributed by atoms with Gasteiger partial charge >= 0.3 is 0 Å². The lowest BCUT2D eigenvalue weighted by Crippen LogP contribution is -2.24. The first-order valence-corrected chi connectivity index (χ1v) is 10.1. The van der Waals surface area contributed by atoms with Crippen LogP contribution in [0.25, 0.3) is 11.0 Å². The van der Waals surface area contributed by atoms with E-state index in [0.29, 0.717) is 19.5 Å². The van der Waals surface area contributed by atoms with Gasteiger partial charge in [0.25, 0.3) is 0 Å². The van der Waals surface area contributed by atoms with Crippen LogP contribution < -0.4 is 0 Å². The molecule has 1 saturated heterocycles. The molecule has 1 fully saturated rings. The maximum absolute atomic E-state index is 12.7. The van der Waals surface area contributed by atoms with Gasteiger partial charge in [0.15, 0.2) is 0 Å². The van der Waals surface area contributed by atoms with Crippen molar-refractivity contribution in [3.05, 3.63) is 102 Å². The van der Waals surface area contributed by atoms with Crippen LogP contribution in [0.15, 0.2) is 84.9 Å². The molecule has 3 aromatic carbocycles. The highest BCUT2D eigenvalue weighted by molar-refractivity contribution is 5.81. The number of amides is 1. The number of imidazole rings is 1. The van der Waals surface area contributed by atoms with Crippen LogP contribution in [0, 0.1) is 0 Å².